The van der Waals surface area contributed by atoms with E-state index in [1.165, 1.54) is 18.4 Å². The van der Waals surface area contributed by atoms with Gasteiger partial charge in [0, 0.05) is 38.3 Å². The Morgan fingerprint density at radius 1 is 1.06 bits per heavy atom. The lowest BCUT2D eigenvalue weighted by Crippen LogP contribution is -2.36. The van der Waals surface area contributed by atoms with Crippen molar-refractivity contribution in [3.63, 3.8) is 0 Å². The van der Waals surface area contributed by atoms with Gasteiger partial charge in [0.15, 0.2) is 0 Å². The molecule has 8 nitrogen and oxygen atoms in total. The van der Waals surface area contributed by atoms with Crippen molar-refractivity contribution < 1.29 is 17.9 Å². The Morgan fingerprint density at radius 3 is 2.52 bits per heavy atom. The van der Waals surface area contributed by atoms with Crippen molar-refractivity contribution in [3.05, 3.63) is 54.4 Å². The van der Waals surface area contributed by atoms with E-state index >= 15 is 0 Å². The highest BCUT2D eigenvalue weighted by atomic mass is 32.2. The third kappa shape index (κ3) is 6.01. The normalized spacial score (nSPS) is 15.2. The summed E-state index contributed by atoms with van der Waals surface area (Å²) in [7, 11) is -0.413. The number of morpholine rings is 1. The number of hydrogen-bond donors (Lipinski definition) is 0. The molecular formula is C23H28N4O4S2. The first kappa shape index (κ1) is 23.9. The van der Waals surface area contributed by atoms with Gasteiger partial charge < -0.3 is 9.47 Å². The molecule has 176 valence electrons. The highest BCUT2D eigenvalue weighted by molar-refractivity contribution is 7.99. The Balaban J connectivity index is 1.38. The SMILES string of the molecule is CN(C)S(=O)(=O)c1ccc(OCCSc2nc(CN3CCOCC3)nc3ccccc23)cc1. The second kappa shape index (κ2) is 10.8. The van der Waals surface area contributed by atoms with Crippen LogP contribution in [0.1, 0.15) is 5.82 Å². The second-order valence-electron chi connectivity index (χ2n) is 7.81. The van der Waals surface area contributed by atoms with Crippen LogP contribution in [0.4, 0.5) is 0 Å². The molecule has 3 aromatic rings. The second-order valence-corrected chi connectivity index (χ2v) is 11.0. The van der Waals surface area contributed by atoms with Gasteiger partial charge in [-0.05, 0) is 30.3 Å². The van der Waals surface area contributed by atoms with Gasteiger partial charge in [-0.15, -0.1) is 11.8 Å². The summed E-state index contributed by atoms with van der Waals surface area (Å²) in [6.45, 7) is 4.45. The zero-order valence-electron chi connectivity index (χ0n) is 18.8. The predicted octanol–water partition coefficient (Wildman–Crippen LogP) is 2.88. The van der Waals surface area contributed by atoms with Crippen molar-refractivity contribution in [2.24, 2.45) is 0 Å². The van der Waals surface area contributed by atoms with Gasteiger partial charge in [0.2, 0.25) is 10.0 Å². The van der Waals surface area contributed by atoms with Crippen LogP contribution < -0.4 is 4.74 Å². The first-order chi connectivity index (χ1) is 15.9. The molecular weight excluding hydrogens is 460 g/mol. The van der Waals surface area contributed by atoms with Crippen molar-refractivity contribution in [2.75, 3.05) is 52.8 Å². The molecule has 0 radical (unpaired) electrons. The number of sulfonamides is 1. The summed E-state index contributed by atoms with van der Waals surface area (Å²) in [6, 6.07) is 14.5. The average molecular weight is 489 g/mol. The molecule has 1 aliphatic heterocycles. The number of para-hydroxylation sites is 1. The van der Waals surface area contributed by atoms with Crippen LogP contribution in [-0.2, 0) is 21.3 Å². The third-order valence-corrected chi connectivity index (χ3v) is 8.06. The number of benzene rings is 2. The maximum atomic E-state index is 12.2. The summed E-state index contributed by atoms with van der Waals surface area (Å²) in [6.07, 6.45) is 0. The highest BCUT2D eigenvalue weighted by Crippen LogP contribution is 2.26. The molecule has 0 spiro atoms. The Hall–Kier alpha value is -2.24. The summed E-state index contributed by atoms with van der Waals surface area (Å²) in [5, 5.41) is 1.98. The van der Waals surface area contributed by atoms with Crippen LogP contribution in [0, 0.1) is 0 Å². The molecule has 2 heterocycles. The average Bonchev–Trinajstić information content (AvgIpc) is 2.82. The molecule has 0 amide bonds. The molecule has 33 heavy (non-hydrogen) atoms. The van der Waals surface area contributed by atoms with E-state index < -0.39 is 10.0 Å². The minimum Gasteiger partial charge on any atom is -0.493 e. The molecule has 0 bridgehead atoms. The molecule has 4 rings (SSSR count). The van der Waals surface area contributed by atoms with E-state index in [9.17, 15) is 8.42 Å². The van der Waals surface area contributed by atoms with Gasteiger partial charge in [-0.2, -0.15) is 0 Å². The van der Waals surface area contributed by atoms with Gasteiger partial charge >= 0.3 is 0 Å². The summed E-state index contributed by atoms with van der Waals surface area (Å²) in [5.41, 5.74) is 0.942. The molecule has 10 heteroatoms. The lowest BCUT2D eigenvalue weighted by molar-refractivity contribution is 0.0330. The zero-order chi connectivity index (χ0) is 23.3. The van der Waals surface area contributed by atoms with Gasteiger partial charge in [0.1, 0.15) is 16.6 Å². The van der Waals surface area contributed by atoms with Crippen LogP contribution in [-0.4, -0.2) is 80.3 Å². The maximum Gasteiger partial charge on any atom is 0.242 e. The van der Waals surface area contributed by atoms with Gasteiger partial charge in [0.05, 0.1) is 36.8 Å². The van der Waals surface area contributed by atoms with Crippen molar-refractivity contribution in [1.82, 2.24) is 19.2 Å². The van der Waals surface area contributed by atoms with E-state index in [0.717, 1.165) is 48.1 Å². The van der Waals surface area contributed by atoms with E-state index in [4.69, 9.17) is 19.4 Å². The van der Waals surface area contributed by atoms with Gasteiger partial charge in [-0.3, -0.25) is 4.90 Å². The molecule has 1 fully saturated rings. The molecule has 0 N–H and O–H groups in total. The Morgan fingerprint density at radius 2 is 1.79 bits per heavy atom. The van der Waals surface area contributed by atoms with Crippen molar-refractivity contribution in [2.45, 2.75) is 16.5 Å². The lowest BCUT2D eigenvalue weighted by atomic mass is 10.2. The van der Waals surface area contributed by atoms with Crippen molar-refractivity contribution >= 4 is 32.7 Å². The first-order valence-electron chi connectivity index (χ1n) is 10.8. The van der Waals surface area contributed by atoms with Gasteiger partial charge in [-0.1, -0.05) is 18.2 Å². The largest absolute Gasteiger partial charge is 0.493 e. The number of aromatic nitrogens is 2. The van der Waals surface area contributed by atoms with Gasteiger partial charge in [-0.25, -0.2) is 22.7 Å². The lowest BCUT2D eigenvalue weighted by Gasteiger charge is -2.25. The first-order valence-corrected chi connectivity index (χ1v) is 13.2. The molecule has 0 saturated carbocycles. The van der Waals surface area contributed by atoms with Crippen LogP contribution in [0.15, 0.2) is 58.5 Å². The number of fused-ring (bicyclic) bond motifs is 1. The molecule has 0 aliphatic carbocycles. The number of ether oxygens (including phenoxy) is 2. The quantitative estimate of drug-likeness (QED) is 0.258. The highest BCUT2D eigenvalue weighted by Gasteiger charge is 2.17. The van der Waals surface area contributed by atoms with E-state index in [1.54, 1.807) is 36.0 Å². The fraction of sp³-hybridized carbons (Fsp3) is 0.391. The zero-order valence-corrected chi connectivity index (χ0v) is 20.4. The minimum absolute atomic E-state index is 0.245. The smallest absolute Gasteiger partial charge is 0.242 e. The number of rotatable bonds is 9. The predicted molar refractivity (Wildman–Crippen MR) is 129 cm³/mol. The minimum atomic E-state index is -3.44. The van der Waals surface area contributed by atoms with E-state index in [2.05, 4.69) is 4.90 Å². The number of thioether (sulfide) groups is 1. The summed E-state index contributed by atoms with van der Waals surface area (Å²) < 4.78 is 36.8. The molecule has 0 unspecified atom stereocenters. The summed E-state index contributed by atoms with van der Waals surface area (Å²) in [4.78, 5) is 12.1. The van der Waals surface area contributed by atoms with Crippen LogP contribution in [0.5, 0.6) is 5.75 Å². The van der Waals surface area contributed by atoms with Crippen LogP contribution in [0.2, 0.25) is 0 Å². The molecule has 1 aliphatic rings. The van der Waals surface area contributed by atoms with E-state index in [1.807, 2.05) is 24.3 Å². The van der Waals surface area contributed by atoms with Crippen molar-refractivity contribution in [1.29, 1.82) is 0 Å². The monoisotopic (exact) mass is 488 g/mol. The topological polar surface area (TPSA) is 84.9 Å². The maximum absolute atomic E-state index is 12.2. The Bertz CT molecular complexity index is 1180. The van der Waals surface area contributed by atoms with E-state index in [0.29, 0.717) is 24.7 Å². The third-order valence-electron chi connectivity index (χ3n) is 5.28. The Kier molecular flexibility index (Phi) is 7.82. The summed E-state index contributed by atoms with van der Waals surface area (Å²) in [5.74, 6) is 2.15. The van der Waals surface area contributed by atoms with Gasteiger partial charge in [0.25, 0.3) is 0 Å². The summed E-state index contributed by atoms with van der Waals surface area (Å²) >= 11 is 1.63. The molecule has 2 aromatic carbocycles. The van der Waals surface area contributed by atoms with E-state index in [-0.39, 0.29) is 4.90 Å². The van der Waals surface area contributed by atoms with Crippen LogP contribution >= 0.6 is 11.8 Å². The fourth-order valence-corrected chi connectivity index (χ4v) is 5.21. The standard InChI is InChI=1S/C23H28N4O4S2/c1-26(2)33(28,29)19-9-7-18(8-10-19)31-15-16-32-23-20-5-3-4-6-21(20)24-22(25-23)17-27-11-13-30-14-12-27/h3-10H,11-17H2,1-2H3. The fourth-order valence-electron chi connectivity index (χ4n) is 3.45. The Labute approximate surface area is 199 Å². The van der Waals surface area contributed by atoms with Crippen LogP contribution in [0.25, 0.3) is 10.9 Å². The molecule has 1 aromatic heterocycles. The van der Waals surface area contributed by atoms with Crippen molar-refractivity contribution in [3.8, 4) is 5.75 Å². The molecule has 1 saturated heterocycles. The van der Waals surface area contributed by atoms with Crippen LogP contribution in [0.3, 0.4) is 0 Å². The number of nitrogens with zero attached hydrogens (tertiary/aromatic N) is 4. The molecule has 0 atom stereocenters. The number of hydrogen-bond acceptors (Lipinski definition) is 8.